The molecular weight excluding hydrogens is 439 g/mol. The Labute approximate surface area is 161 Å². The summed E-state index contributed by atoms with van der Waals surface area (Å²) in [6, 6.07) is 2.64. The van der Waals surface area contributed by atoms with Gasteiger partial charge >= 0.3 is 6.36 Å². The molecule has 0 radical (unpaired) electrons. The molecule has 26 heavy (non-hydrogen) atoms. The maximum absolute atomic E-state index is 12.9. The van der Waals surface area contributed by atoms with Gasteiger partial charge in [-0.1, -0.05) is 34.0 Å². The summed E-state index contributed by atoms with van der Waals surface area (Å²) in [6.07, 6.45) is -1.15. The van der Waals surface area contributed by atoms with Gasteiger partial charge in [-0.05, 0) is 37.8 Å². The molecule has 1 heterocycles. The predicted octanol–water partition coefficient (Wildman–Crippen LogP) is 4.11. The first-order valence-electron chi connectivity index (χ1n) is 7.86. The van der Waals surface area contributed by atoms with Gasteiger partial charge in [0.25, 0.3) is 0 Å². The zero-order chi connectivity index (χ0) is 19.1. The molecule has 1 fully saturated rings. The van der Waals surface area contributed by atoms with E-state index in [2.05, 4.69) is 30.7 Å². The van der Waals surface area contributed by atoms with Crippen LogP contribution in [-0.2, 0) is 0 Å². The first-order valence-corrected chi connectivity index (χ1v) is 9.03. The number of nitrogens with zero attached hydrogens (tertiary/aromatic N) is 3. The van der Waals surface area contributed by atoms with Crippen molar-refractivity contribution in [3.05, 3.63) is 21.6 Å². The second-order valence-electron chi connectivity index (χ2n) is 6.10. The fraction of sp³-hybridized carbons (Fsp3) is 0.467. The Balaban J connectivity index is 2.18. The number of hydrogen-bond donors (Lipinski definition) is 2. The Morgan fingerprint density at radius 2 is 1.85 bits per heavy atom. The third kappa shape index (κ3) is 3.71. The van der Waals surface area contributed by atoms with Crippen molar-refractivity contribution in [3.8, 4) is 5.75 Å². The molecule has 1 aliphatic carbocycles. The number of benzene rings is 1. The van der Waals surface area contributed by atoms with E-state index >= 15 is 0 Å². The van der Waals surface area contributed by atoms with Crippen LogP contribution in [0.15, 0.2) is 26.6 Å². The molecule has 1 aliphatic heterocycles. The van der Waals surface area contributed by atoms with Crippen LogP contribution in [0.25, 0.3) is 0 Å². The summed E-state index contributed by atoms with van der Waals surface area (Å²) in [5.74, 6) is -0.571. The number of alkyl halides is 3. The quantitative estimate of drug-likeness (QED) is 0.704. The molecule has 1 aromatic rings. The molecule has 1 saturated carbocycles. The van der Waals surface area contributed by atoms with E-state index in [1.165, 1.54) is 17.0 Å². The van der Waals surface area contributed by atoms with Crippen LogP contribution in [0.5, 0.6) is 5.75 Å². The average Bonchev–Trinajstić information content (AvgIpc) is 2.48. The van der Waals surface area contributed by atoms with Crippen LogP contribution in [0.1, 0.15) is 32.1 Å². The van der Waals surface area contributed by atoms with E-state index in [1.54, 1.807) is 0 Å². The van der Waals surface area contributed by atoms with Gasteiger partial charge < -0.3 is 16.2 Å². The Morgan fingerprint density at radius 1 is 1.19 bits per heavy atom. The fourth-order valence-corrected chi connectivity index (χ4v) is 4.27. The summed E-state index contributed by atoms with van der Waals surface area (Å²) in [5.41, 5.74) is 10.9. The number of halogens is 5. The van der Waals surface area contributed by atoms with Crippen molar-refractivity contribution in [2.75, 3.05) is 4.90 Å². The number of rotatable bonds is 2. The van der Waals surface area contributed by atoms with Crippen molar-refractivity contribution in [1.29, 1.82) is 0 Å². The molecule has 0 bridgehead atoms. The summed E-state index contributed by atoms with van der Waals surface area (Å²) >= 11 is 9.42. The van der Waals surface area contributed by atoms with E-state index in [0.29, 0.717) is 17.3 Å². The summed E-state index contributed by atoms with van der Waals surface area (Å²) in [4.78, 5) is 9.78. The molecule has 2 aliphatic rings. The SMILES string of the molecule is NC1=NC2(CCCCC2)N(c2c(Cl)cc(Br)cc2OC(F)(F)F)C(N)=N1. The normalized spacial score (nSPS) is 20.0. The van der Waals surface area contributed by atoms with Crippen molar-refractivity contribution >= 4 is 45.1 Å². The first-order chi connectivity index (χ1) is 12.1. The lowest BCUT2D eigenvalue weighted by molar-refractivity contribution is -0.274. The highest BCUT2D eigenvalue weighted by Crippen LogP contribution is 2.47. The fourth-order valence-electron chi connectivity index (χ4n) is 3.41. The number of hydrogen-bond acceptors (Lipinski definition) is 6. The highest BCUT2D eigenvalue weighted by Gasteiger charge is 2.45. The minimum Gasteiger partial charge on any atom is -0.403 e. The van der Waals surface area contributed by atoms with Crippen LogP contribution in [0.4, 0.5) is 18.9 Å². The topological polar surface area (TPSA) is 89.2 Å². The molecule has 0 atom stereocenters. The maximum atomic E-state index is 12.9. The van der Waals surface area contributed by atoms with Crippen LogP contribution in [0.2, 0.25) is 5.02 Å². The largest absolute Gasteiger partial charge is 0.573 e. The van der Waals surface area contributed by atoms with Crippen LogP contribution in [0, 0.1) is 0 Å². The molecule has 6 nitrogen and oxygen atoms in total. The van der Waals surface area contributed by atoms with Crippen LogP contribution in [-0.4, -0.2) is 23.9 Å². The summed E-state index contributed by atoms with van der Waals surface area (Å²) in [7, 11) is 0. The van der Waals surface area contributed by atoms with Gasteiger partial charge in [-0.2, -0.15) is 4.99 Å². The van der Waals surface area contributed by atoms with Gasteiger partial charge in [0, 0.05) is 4.47 Å². The van der Waals surface area contributed by atoms with E-state index in [4.69, 9.17) is 23.1 Å². The minimum absolute atomic E-state index is 0.00725. The summed E-state index contributed by atoms with van der Waals surface area (Å²) in [6.45, 7) is 0. The molecule has 142 valence electrons. The van der Waals surface area contributed by atoms with E-state index in [1.807, 2.05) is 0 Å². The van der Waals surface area contributed by atoms with E-state index in [9.17, 15) is 13.2 Å². The number of aliphatic imine (C=N–C) groups is 2. The molecule has 3 rings (SSSR count). The monoisotopic (exact) mass is 453 g/mol. The first kappa shape index (κ1) is 19.1. The molecule has 0 amide bonds. The molecule has 0 aromatic heterocycles. The lowest BCUT2D eigenvalue weighted by atomic mass is 9.87. The van der Waals surface area contributed by atoms with E-state index in [-0.39, 0.29) is 22.6 Å². The minimum atomic E-state index is -4.90. The molecule has 4 N–H and O–H groups in total. The van der Waals surface area contributed by atoms with Crippen molar-refractivity contribution < 1.29 is 17.9 Å². The number of nitrogens with two attached hydrogens (primary N) is 2. The lowest BCUT2D eigenvalue weighted by Gasteiger charge is -2.46. The molecule has 11 heteroatoms. The Bertz CT molecular complexity index is 777. The van der Waals surface area contributed by atoms with Gasteiger partial charge in [0.2, 0.25) is 11.9 Å². The van der Waals surface area contributed by atoms with Gasteiger partial charge in [0.1, 0.15) is 11.4 Å². The Morgan fingerprint density at radius 3 is 2.46 bits per heavy atom. The summed E-state index contributed by atoms with van der Waals surface area (Å²) < 4.78 is 43.4. The highest BCUT2D eigenvalue weighted by molar-refractivity contribution is 9.10. The van der Waals surface area contributed by atoms with Crippen molar-refractivity contribution in [1.82, 2.24) is 0 Å². The van der Waals surface area contributed by atoms with Gasteiger partial charge in [-0.25, -0.2) is 4.99 Å². The van der Waals surface area contributed by atoms with Crippen LogP contribution >= 0.6 is 27.5 Å². The Kier molecular flexibility index (Phi) is 5.00. The van der Waals surface area contributed by atoms with Gasteiger partial charge in [0.05, 0.1) is 5.02 Å². The lowest BCUT2D eigenvalue weighted by Crippen LogP contribution is -2.58. The average molecular weight is 455 g/mol. The van der Waals surface area contributed by atoms with Crippen molar-refractivity contribution in [2.24, 2.45) is 21.5 Å². The van der Waals surface area contributed by atoms with Crippen LogP contribution < -0.4 is 21.1 Å². The van der Waals surface area contributed by atoms with Crippen molar-refractivity contribution in [3.63, 3.8) is 0 Å². The third-order valence-electron chi connectivity index (χ3n) is 4.29. The smallest absolute Gasteiger partial charge is 0.403 e. The second kappa shape index (κ2) is 6.80. The number of anilines is 1. The van der Waals surface area contributed by atoms with Gasteiger partial charge in [0.15, 0.2) is 5.75 Å². The van der Waals surface area contributed by atoms with E-state index in [0.717, 1.165) is 19.3 Å². The van der Waals surface area contributed by atoms with E-state index < -0.39 is 17.8 Å². The van der Waals surface area contributed by atoms with Gasteiger partial charge in [-0.3, -0.25) is 4.90 Å². The number of guanidine groups is 2. The molecular formula is C15H16BrClF3N5O. The third-order valence-corrected chi connectivity index (χ3v) is 5.04. The molecule has 0 unspecified atom stereocenters. The standard InChI is InChI=1S/C15H16BrClF3N5O/c16-8-6-9(17)11(10(7-8)26-15(18,19)20)25-13(22)23-12(21)24-14(25)4-2-1-3-5-14/h6-7H,1-5H2,(H4,21,22,23,24). The maximum Gasteiger partial charge on any atom is 0.573 e. The highest BCUT2D eigenvalue weighted by atomic mass is 79.9. The van der Waals surface area contributed by atoms with Crippen LogP contribution in [0.3, 0.4) is 0 Å². The Hall–Kier alpha value is -1.68. The molecule has 1 spiro atoms. The van der Waals surface area contributed by atoms with Gasteiger partial charge in [-0.15, -0.1) is 13.2 Å². The predicted molar refractivity (Wildman–Crippen MR) is 97.4 cm³/mol. The molecule has 1 aromatic carbocycles. The number of ether oxygens (including phenoxy) is 1. The summed E-state index contributed by atoms with van der Waals surface area (Å²) in [5, 5.41) is 0.0254. The van der Waals surface area contributed by atoms with Crippen molar-refractivity contribution in [2.45, 2.75) is 44.1 Å². The second-order valence-corrected chi connectivity index (χ2v) is 7.42. The zero-order valence-electron chi connectivity index (χ0n) is 13.5. The molecule has 0 saturated heterocycles. The zero-order valence-corrected chi connectivity index (χ0v) is 15.8.